The van der Waals surface area contributed by atoms with E-state index in [-0.39, 0.29) is 17.5 Å². The Bertz CT molecular complexity index is 1240. The van der Waals surface area contributed by atoms with Gasteiger partial charge < -0.3 is 24.4 Å². The van der Waals surface area contributed by atoms with Gasteiger partial charge >= 0.3 is 6.09 Å². The SMILES string of the molecule is O=C(O)N=S(O)CCc1cccc(Nc2ncnc(-c3cc(F)ccc3OCC3CCOCC3)n2)c1. The molecule has 1 saturated heterocycles. The van der Waals surface area contributed by atoms with Gasteiger partial charge in [-0.1, -0.05) is 12.1 Å². The Hall–Kier alpha value is -3.48. The second kappa shape index (κ2) is 12.5. The molecule has 0 radical (unpaired) electrons. The Morgan fingerprint density at radius 1 is 1.22 bits per heavy atom. The molecule has 0 bridgehead atoms. The van der Waals surface area contributed by atoms with Crippen molar-refractivity contribution in [2.75, 3.05) is 30.9 Å². The average Bonchev–Trinajstić information content (AvgIpc) is 2.87. The van der Waals surface area contributed by atoms with Crippen molar-refractivity contribution in [2.24, 2.45) is 10.3 Å². The van der Waals surface area contributed by atoms with E-state index in [4.69, 9.17) is 14.6 Å². The third kappa shape index (κ3) is 7.51. The minimum absolute atomic E-state index is 0.196. The maximum Gasteiger partial charge on any atom is 0.439 e. The number of carbonyl (C=O) groups is 1. The maximum absolute atomic E-state index is 14.1. The van der Waals surface area contributed by atoms with Gasteiger partial charge in [-0.05, 0) is 61.1 Å². The summed E-state index contributed by atoms with van der Waals surface area (Å²) in [7, 11) is -1.55. The summed E-state index contributed by atoms with van der Waals surface area (Å²) < 4.78 is 38.4. The van der Waals surface area contributed by atoms with E-state index < -0.39 is 22.9 Å². The van der Waals surface area contributed by atoms with Crippen molar-refractivity contribution in [3.8, 4) is 17.1 Å². The average molecular weight is 516 g/mol. The zero-order valence-corrected chi connectivity index (χ0v) is 20.2. The number of aromatic nitrogens is 3. The highest BCUT2D eigenvalue weighted by atomic mass is 32.2. The highest BCUT2D eigenvalue weighted by Gasteiger charge is 2.17. The third-order valence-corrected chi connectivity index (χ3v) is 6.45. The maximum atomic E-state index is 14.1. The molecule has 0 aliphatic carbocycles. The molecule has 10 nitrogen and oxygen atoms in total. The number of aryl methyl sites for hydroxylation is 1. The minimum Gasteiger partial charge on any atom is -0.493 e. The molecule has 1 atom stereocenters. The molecular weight excluding hydrogens is 489 g/mol. The van der Waals surface area contributed by atoms with Crippen LogP contribution in [0.25, 0.3) is 11.4 Å². The van der Waals surface area contributed by atoms with E-state index in [1.54, 1.807) is 6.07 Å². The number of nitrogens with zero attached hydrogens (tertiary/aromatic N) is 4. The number of benzene rings is 2. The molecule has 190 valence electrons. The molecule has 1 aliphatic heterocycles. The van der Waals surface area contributed by atoms with Crippen LogP contribution in [0.3, 0.4) is 0 Å². The molecule has 1 aliphatic rings. The van der Waals surface area contributed by atoms with Crippen molar-refractivity contribution < 1.29 is 28.3 Å². The monoisotopic (exact) mass is 515 g/mol. The van der Waals surface area contributed by atoms with Crippen molar-refractivity contribution >= 4 is 28.7 Å². The van der Waals surface area contributed by atoms with E-state index in [0.29, 0.717) is 49.2 Å². The van der Waals surface area contributed by atoms with Crippen molar-refractivity contribution in [1.82, 2.24) is 15.0 Å². The number of ether oxygens (including phenoxy) is 2. The minimum atomic E-state index is -1.55. The van der Waals surface area contributed by atoms with Crippen molar-refractivity contribution in [3.63, 3.8) is 0 Å². The highest BCUT2D eigenvalue weighted by Crippen LogP contribution is 2.30. The Labute approximate surface area is 209 Å². The molecule has 1 aromatic heterocycles. The first-order chi connectivity index (χ1) is 17.5. The van der Waals surface area contributed by atoms with Crippen LogP contribution in [0.15, 0.2) is 53.2 Å². The van der Waals surface area contributed by atoms with Crippen molar-refractivity contribution in [2.45, 2.75) is 19.3 Å². The molecule has 1 fully saturated rings. The van der Waals surface area contributed by atoms with Crippen LogP contribution in [0.4, 0.5) is 20.8 Å². The largest absolute Gasteiger partial charge is 0.493 e. The third-order valence-electron chi connectivity index (χ3n) is 5.51. The molecule has 2 heterocycles. The van der Waals surface area contributed by atoms with Crippen molar-refractivity contribution in [3.05, 3.63) is 60.2 Å². The fourth-order valence-corrected chi connectivity index (χ4v) is 4.38. The van der Waals surface area contributed by atoms with E-state index in [1.807, 2.05) is 24.3 Å². The van der Waals surface area contributed by atoms with Gasteiger partial charge in [0, 0.05) is 35.6 Å². The van der Waals surface area contributed by atoms with Gasteiger partial charge in [0.25, 0.3) is 0 Å². The first-order valence-corrected chi connectivity index (χ1v) is 12.7. The van der Waals surface area contributed by atoms with E-state index in [2.05, 4.69) is 24.6 Å². The molecule has 0 saturated carbocycles. The fraction of sp³-hybridized carbons (Fsp3) is 0.333. The number of nitrogens with one attached hydrogen (secondary N) is 1. The lowest BCUT2D eigenvalue weighted by atomic mass is 10.0. The number of hydrogen-bond acceptors (Lipinski definition) is 7. The van der Waals surface area contributed by atoms with E-state index in [1.165, 1.54) is 18.5 Å². The molecule has 4 rings (SSSR count). The first-order valence-electron chi connectivity index (χ1n) is 11.4. The van der Waals surface area contributed by atoms with Crippen LogP contribution in [-0.4, -0.2) is 56.3 Å². The summed E-state index contributed by atoms with van der Waals surface area (Å²) in [6, 6.07) is 11.6. The van der Waals surface area contributed by atoms with Gasteiger partial charge in [-0.25, -0.2) is 19.2 Å². The molecule has 0 spiro atoms. The molecule has 1 unspecified atom stereocenters. The van der Waals surface area contributed by atoms with Gasteiger partial charge in [-0.2, -0.15) is 4.98 Å². The quantitative estimate of drug-likeness (QED) is 0.369. The molecule has 36 heavy (non-hydrogen) atoms. The van der Waals surface area contributed by atoms with Crippen molar-refractivity contribution in [1.29, 1.82) is 0 Å². The topological polar surface area (TPSA) is 139 Å². The summed E-state index contributed by atoms with van der Waals surface area (Å²) in [5, 5.41) is 11.7. The molecular formula is C24H26FN5O5S. The summed E-state index contributed by atoms with van der Waals surface area (Å²) >= 11 is 0. The van der Waals surface area contributed by atoms with Crippen LogP contribution in [0.1, 0.15) is 18.4 Å². The van der Waals surface area contributed by atoms with Crippen LogP contribution in [0.2, 0.25) is 0 Å². The van der Waals surface area contributed by atoms with Crippen LogP contribution in [0, 0.1) is 11.7 Å². The standard InChI is InChI=1S/C24H26FN5O5S/c25-18-4-5-21(35-14-17-6-9-34-10-7-17)20(13-18)22-26-15-27-23(29-22)28-19-3-1-2-16(12-19)8-11-36(33)30-24(31)32/h1-5,12-13,15,17H,6-11,14H2,(H,30,33)(H,31,32)(H,26,27,28,29). The predicted molar refractivity (Wildman–Crippen MR) is 133 cm³/mol. The Morgan fingerprint density at radius 3 is 2.86 bits per heavy atom. The zero-order valence-electron chi connectivity index (χ0n) is 19.3. The lowest BCUT2D eigenvalue weighted by molar-refractivity contribution is 0.0498. The highest BCUT2D eigenvalue weighted by molar-refractivity contribution is 7.81. The Kier molecular flexibility index (Phi) is 8.87. The smallest absolute Gasteiger partial charge is 0.439 e. The number of anilines is 2. The summed E-state index contributed by atoms with van der Waals surface area (Å²) in [6.45, 7) is 1.93. The van der Waals surface area contributed by atoms with E-state index in [9.17, 15) is 13.7 Å². The first kappa shape index (κ1) is 25.6. The summed E-state index contributed by atoms with van der Waals surface area (Å²) in [6.07, 6.45) is 2.22. The summed E-state index contributed by atoms with van der Waals surface area (Å²) in [4.78, 5) is 23.4. The lowest BCUT2D eigenvalue weighted by Gasteiger charge is -2.22. The van der Waals surface area contributed by atoms with Gasteiger partial charge in [0.2, 0.25) is 5.95 Å². The second-order valence-corrected chi connectivity index (χ2v) is 9.40. The fourth-order valence-electron chi connectivity index (χ4n) is 3.69. The molecule has 12 heteroatoms. The van der Waals surface area contributed by atoms with Gasteiger partial charge in [0.15, 0.2) is 5.82 Å². The molecule has 3 N–H and O–H groups in total. The van der Waals surface area contributed by atoms with Gasteiger partial charge in [-0.3, -0.25) is 0 Å². The van der Waals surface area contributed by atoms with Crippen LogP contribution in [0.5, 0.6) is 5.75 Å². The number of hydrogen-bond donors (Lipinski definition) is 3. The van der Waals surface area contributed by atoms with Crippen LogP contribution < -0.4 is 10.1 Å². The van der Waals surface area contributed by atoms with Gasteiger partial charge in [-0.15, -0.1) is 4.36 Å². The predicted octanol–water partition coefficient (Wildman–Crippen LogP) is 4.72. The normalized spacial score (nSPS) is 14.9. The number of amides is 1. The van der Waals surface area contributed by atoms with Crippen LogP contribution >= 0.6 is 0 Å². The lowest BCUT2D eigenvalue weighted by Crippen LogP contribution is -2.21. The Balaban J connectivity index is 1.47. The Morgan fingerprint density at radius 2 is 2.06 bits per heavy atom. The molecule has 1 amide bonds. The number of rotatable bonds is 9. The summed E-state index contributed by atoms with van der Waals surface area (Å²) in [5.74, 6) is 1.17. The zero-order chi connectivity index (χ0) is 25.3. The number of halogens is 1. The van der Waals surface area contributed by atoms with Crippen LogP contribution in [-0.2, 0) is 22.1 Å². The van der Waals surface area contributed by atoms with E-state index >= 15 is 0 Å². The number of carboxylic acid groups (broad SMARTS) is 1. The molecule has 3 aromatic rings. The van der Waals surface area contributed by atoms with E-state index in [0.717, 1.165) is 18.4 Å². The van der Waals surface area contributed by atoms with Gasteiger partial charge in [0.1, 0.15) is 17.9 Å². The summed E-state index contributed by atoms with van der Waals surface area (Å²) in [5.41, 5.74) is 1.99. The van der Waals surface area contributed by atoms with Gasteiger partial charge in [0.05, 0.1) is 12.2 Å². The second-order valence-electron chi connectivity index (χ2n) is 8.13. The molecule has 2 aromatic carbocycles.